The van der Waals surface area contributed by atoms with Gasteiger partial charge >= 0.3 is 0 Å². The van der Waals surface area contributed by atoms with Crippen LogP contribution in [-0.2, 0) is 13.0 Å². The van der Waals surface area contributed by atoms with Crippen LogP contribution in [0.1, 0.15) is 44.2 Å². The second-order valence-corrected chi connectivity index (χ2v) is 5.57. The molecule has 0 spiro atoms. The molecule has 1 atom stereocenters. The second-order valence-electron chi connectivity index (χ2n) is 5.57. The Balaban J connectivity index is 2.01. The molecule has 1 aliphatic heterocycles. The lowest BCUT2D eigenvalue weighted by Gasteiger charge is -2.25. The smallest absolute Gasteiger partial charge is 0.0372 e. The number of anilines is 1. The molecule has 0 radical (unpaired) electrons. The normalized spacial score (nSPS) is 16.2. The lowest BCUT2D eigenvalue weighted by atomic mass is 10.0. The maximum Gasteiger partial charge on any atom is 0.0372 e. The number of nitrogens with zero attached hydrogens (tertiary/aromatic N) is 1. The number of hydrogen-bond donors (Lipinski definition) is 1. The van der Waals surface area contributed by atoms with Gasteiger partial charge in [0.25, 0.3) is 0 Å². The molecule has 1 N–H and O–H groups in total. The molecule has 0 saturated heterocycles. The van der Waals surface area contributed by atoms with E-state index < -0.39 is 0 Å². The molecule has 0 aliphatic carbocycles. The Kier molecular flexibility index (Phi) is 4.65. The van der Waals surface area contributed by atoms with Gasteiger partial charge in [0.15, 0.2) is 0 Å². The van der Waals surface area contributed by atoms with Crippen LogP contribution in [0.15, 0.2) is 18.2 Å². The van der Waals surface area contributed by atoms with Crippen LogP contribution in [0, 0.1) is 0 Å². The van der Waals surface area contributed by atoms with E-state index in [1.807, 2.05) is 0 Å². The van der Waals surface area contributed by atoms with Gasteiger partial charge in [0.05, 0.1) is 0 Å². The number of hydrogen-bond acceptors (Lipinski definition) is 2. The van der Waals surface area contributed by atoms with Gasteiger partial charge in [0.2, 0.25) is 0 Å². The first kappa shape index (κ1) is 13.4. The summed E-state index contributed by atoms with van der Waals surface area (Å²) in [7, 11) is 2.23. The van der Waals surface area contributed by atoms with Crippen LogP contribution >= 0.6 is 0 Å². The highest BCUT2D eigenvalue weighted by Crippen LogP contribution is 2.23. The van der Waals surface area contributed by atoms with Gasteiger partial charge in [-0.2, -0.15) is 0 Å². The fourth-order valence-electron chi connectivity index (χ4n) is 2.71. The summed E-state index contributed by atoms with van der Waals surface area (Å²) in [6, 6.07) is 7.58. The highest BCUT2D eigenvalue weighted by molar-refractivity contribution is 5.54. The van der Waals surface area contributed by atoms with Crippen molar-refractivity contribution in [2.75, 3.05) is 18.9 Å². The largest absolute Gasteiger partial charge is 0.385 e. The van der Waals surface area contributed by atoms with E-state index in [4.69, 9.17) is 0 Å². The van der Waals surface area contributed by atoms with Crippen LogP contribution in [-0.4, -0.2) is 24.5 Å². The molecule has 0 fully saturated rings. The summed E-state index contributed by atoms with van der Waals surface area (Å²) in [6.07, 6.45) is 5.03. The molecule has 1 heterocycles. The third-order valence-electron chi connectivity index (χ3n) is 4.00. The van der Waals surface area contributed by atoms with Gasteiger partial charge in [-0.05, 0) is 50.4 Å². The number of aryl methyl sites for hydroxylation is 1. The number of nitrogens with one attached hydrogen (secondary N) is 1. The van der Waals surface area contributed by atoms with E-state index in [-0.39, 0.29) is 0 Å². The minimum atomic E-state index is 0.671. The third-order valence-corrected chi connectivity index (χ3v) is 4.00. The maximum atomic E-state index is 3.47. The highest BCUT2D eigenvalue weighted by atomic mass is 15.1. The molecule has 1 aromatic carbocycles. The van der Waals surface area contributed by atoms with Gasteiger partial charge in [-0.15, -0.1) is 0 Å². The van der Waals surface area contributed by atoms with Crippen molar-refractivity contribution >= 4 is 5.69 Å². The monoisotopic (exact) mass is 246 g/mol. The summed E-state index contributed by atoms with van der Waals surface area (Å²) in [4.78, 5) is 2.46. The van der Waals surface area contributed by atoms with Crippen molar-refractivity contribution in [1.29, 1.82) is 0 Å². The highest BCUT2D eigenvalue weighted by Gasteiger charge is 2.12. The SMILES string of the molecule is CCCC(C)N(C)Cc1ccc2c(c1)CCCN2. The van der Waals surface area contributed by atoms with E-state index in [0.717, 1.165) is 13.1 Å². The number of rotatable bonds is 5. The summed E-state index contributed by atoms with van der Waals surface area (Å²) in [6.45, 7) is 6.77. The second kappa shape index (κ2) is 6.24. The van der Waals surface area contributed by atoms with Gasteiger partial charge in [0.1, 0.15) is 0 Å². The van der Waals surface area contributed by atoms with Crippen LogP contribution < -0.4 is 5.32 Å². The molecular weight excluding hydrogens is 220 g/mol. The first-order chi connectivity index (χ1) is 8.70. The molecule has 18 heavy (non-hydrogen) atoms. The van der Waals surface area contributed by atoms with Crippen molar-refractivity contribution in [1.82, 2.24) is 4.90 Å². The minimum absolute atomic E-state index is 0.671. The number of fused-ring (bicyclic) bond motifs is 1. The maximum absolute atomic E-state index is 3.47. The van der Waals surface area contributed by atoms with E-state index in [9.17, 15) is 0 Å². The van der Waals surface area contributed by atoms with Crippen molar-refractivity contribution in [3.8, 4) is 0 Å². The Morgan fingerprint density at radius 3 is 3.00 bits per heavy atom. The zero-order valence-electron chi connectivity index (χ0n) is 12.0. The van der Waals surface area contributed by atoms with E-state index in [0.29, 0.717) is 6.04 Å². The third kappa shape index (κ3) is 3.26. The van der Waals surface area contributed by atoms with E-state index in [1.54, 1.807) is 0 Å². The molecule has 1 aliphatic rings. The molecule has 0 saturated carbocycles. The van der Waals surface area contributed by atoms with Crippen molar-refractivity contribution in [3.05, 3.63) is 29.3 Å². The van der Waals surface area contributed by atoms with Gasteiger partial charge in [0, 0.05) is 24.8 Å². The summed E-state index contributed by atoms with van der Waals surface area (Å²) >= 11 is 0. The molecule has 2 rings (SSSR count). The van der Waals surface area contributed by atoms with Crippen molar-refractivity contribution < 1.29 is 0 Å². The summed E-state index contributed by atoms with van der Waals surface area (Å²) < 4.78 is 0. The van der Waals surface area contributed by atoms with Crippen LogP contribution in [0.25, 0.3) is 0 Å². The van der Waals surface area contributed by atoms with Gasteiger partial charge in [-0.1, -0.05) is 25.5 Å². The summed E-state index contributed by atoms with van der Waals surface area (Å²) in [5.74, 6) is 0. The predicted molar refractivity (Wildman–Crippen MR) is 79.1 cm³/mol. The average Bonchev–Trinajstić information content (AvgIpc) is 2.39. The lowest BCUT2D eigenvalue weighted by Crippen LogP contribution is -2.28. The molecular formula is C16H26N2. The zero-order valence-corrected chi connectivity index (χ0v) is 12.0. The molecule has 1 unspecified atom stereocenters. The Morgan fingerprint density at radius 2 is 2.22 bits per heavy atom. The fourth-order valence-corrected chi connectivity index (χ4v) is 2.71. The Hall–Kier alpha value is -1.02. The van der Waals surface area contributed by atoms with Crippen LogP contribution in [0.5, 0.6) is 0 Å². The van der Waals surface area contributed by atoms with E-state index in [2.05, 4.69) is 49.3 Å². The first-order valence-electron chi connectivity index (χ1n) is 7.26. The zero-order chi connectivity index (χ0) is 13.0. The first-order valence-corrected chi connectivity index (χ1v) is 7.26. The van der Waals surface area contributed by atoms with E-state index >= 15 is 0 Å². The van der Waals surface area contributed by atoms with Crippen LogP contribution in [0.4, 0.5) is 5.69 Å². The van der Waals surface area contributed by atoms with Gasteiger partial charge < -0.3 is 5.32 Å². The topological polar surface area (TPSA) is 15.3 Å². The lowest BCUT2D eigenvalue weighted by molar-refractivity contribution is 0.237. The minimum Gasteiger partial charge on any atom is -0.385 e. The summed E-state index contributed by atoms with van der Waals surface area (Å²) in [5, 5.41) is 3.47. The van der Waals surface area contributed by atoms with Gasteiger partial charge in [-0.25, -0.2) is 0 Å². The van der Waals surface area contributed by atoms with Crippen LogP contribution in [0.2, 0.25) is 0 Å². The fraction of sp³-hybridized carbons (Fsp3) is 0.625. The predicted octanol–water partition coefficient (Wildman–Crippen LogP) is 3.67. The molecule has 2 heteroatoms. The molecule has 0 aromatic heterocycles. The van der Waals surface area contributed by atoms with Crippen molar-refractivity contribution in [2.45, 2.75) is 52.1 Å². The summed E-state index contributed by atoms with van der Waals surface area (Å²) in [5.41, 5.74) is 4.28. The molecule has 2 nitrogen and oxygen atoms in total. The molecule has 1 aromatic rings. The average molecular weight is 246 g/mol. The molecule has 0 amide bonds. The quantitative estimate of drug-likeness (QED) is 0.853. The standard InChI is InChI=1S/C16H26N2/c1-4-6-13(2)18(3)12-14-8-9-16-15(11-14)7-5-10-17-16/h8-9,11,13,17H,4-7,10,12H2,1-3H3. The Morgan fingerprint density at radius 1 is 1.39 bits per heavy atom. The van der Waals surface area contributed by atoms with E-state index in [1.165, 1.54) is 42.5 Å². The van der Waals surface area contributed by atoms with Crippen molar-refractivity contribution in [3.63, 3.8) is 0 Å². The van der Waals surface area contributed by atoms with Gasteiger partial charge in [-0.3, -0.25) is 4.90 Å². The Labute approximate surface area is 111 Å². The van der Waals surface area contributed by atoms with Crippen molar-refractivity contribution in [2.24, 2.45) is 0 Å². The number of benzene rings is 1. The molecule has 100 valence electrons. The Bertz CT molecular complexity index is 387. The molecule has 0 bridgehead atoms. The van der Waals surface area contributed by atoms with Crippen LogP contribution in [0.3, 0.4) is 0 Å².